The van der Waals surface area contributed by atoms with Crippen LogP contribution in [0.5, 0.6) is 0 Å². The van der Waals surface area contributed by atoms with E-state index in [9.17, 15) is 9.59 Å². The fourth-order valence-corrected chi connectivity index (χ4v) is 3.48. The van der Waals surface area contributed by atoms with Gasteiger partial charge >= 0.3 is 5.97 Å². The molecule has 132 valence electrons. The molecule has 1 fully saturated rings. The van der Waals surface area contributed by atoms with Gasteiger partial charge in [-0.2, -0.15) is 0 Å². The standard InChI is InChI=1S/C18H26N2O3S/c1-2-5-13-7-9-14(10-8-13)12-23-18(22)16(17(21)20-24)15-6-3-4-11-19-15/h3-4,6,11,13-14,16,24H,2,5,7-10,12H2,1H3,(H,20,21). The molecule has 1 aromatic heterocycles. The molecule has 6 heteroatoms. The Morgan fingerprint density at radius 2 is 2.00 bits per heavy atom. The summed E-state index contributed by atoms with van der Waals surface area (Å²) in [5.74, 6) is -0.937. The molecule has 0 spiro atoms. The van der Waals surface area contributed by atoms with Crippen LogP contribution in [0.4, 0.5) is 0 Å². The van der Waals surface area contributed by atoms with E-state index in [1.165, 1.54) is 25.7 Å². The maximum atomic E-state index is 12.4. The maximum absolute atomic E-state index is 12.4. The molecule has 1 atom stereocenters. The van der Waals surface area contributed by atoms with Crippen LogP contribution < -0.4 is 4.72 Å². The predicted molar refractivity (Wildman–Crippen MR) is 95.4 cm³/mol. The number of hydrogen-bond acceptors (Lipinski definition) is 5. The van der Waals surface area contributed by atoms with E-state index in [-0.39, 0.29) is 0 Å². The molecule has 0 aromatic carbocycles. The smallest absolute Gasteiger partial charge is 0.324 e. The first kappa shape index (κ1) is 18.8. The summed E-state index contributed by atoms with van der Waals surface area (Å²) in [6, 6.07) is 5.12. The molecule has 1 N–H and O–H groups in total. The van der Waals surface area contributed by atoms with E-state index in [1.807, 2.05) is 0 Å². The van der Waals surface area contributed by atoms with Crippen LogP contribution in [0.2, 0.25) is 0 Å². The van der Waals surface area contributed by atoms with Crippen molar-refractivity contribution < 1.29 is 14.3 Å². The van der Waals surface area contributed by atoms with Crippen molar-refractivity contribution in [1.29, 1.82) is 0 Å². The van der Waals surface area contributed by atoms with E-state index in [4.69, 9.17) is 4.74 Å². The summed E-state index contributed by atoms with van der Waals surface area (Å²) in [5, 5.41) is 0. The Morgan fingerprint density at radius 1 is 1.29 bits per heavy atom. The third-order valence-electron chi connectivity index (χ3n) is 4.72. The SMILES string of the molecule is CCCC1CCC(COC(=O)C(C(=O)NS)c2ccccn2)CC1. The van der Waals surface area contributed by atoms with E-state index in [1.54, 1.807) is 24.4 Å². The molecule has 1 saturated carbocycles. The molecule has 2 rings (SSSR count). The van der Waals surface area contributed by atoms with Gasteiger partial charge in [-0.05, 0) is 36.8 Å². The fourth-order valence-electron chi connectivity index (χ4n) is 3.35. The van der Waals surface area contributed by atoms with Gasteiger partial charge in [0, 0.05) is 6.20 Å². The largest absolute Gasteiger partial charge is 0.465 e. The zero-order valence-electron chi connectivity index (χ0n) is 14.1. The van der Waals surface area contributed by atoms with Crippen molar-refractivity contribution in [2.45, 2.75) is 51.4 Å². The Morgan fingerprint density at radius 3 is 2.58 bits per heavy atom. The first-order valence-electron chi connectivity index (χ1n) is 8.67. The molecular weight excluding hydrogens is 324 g/mol. The molecule has 1 amide bonds. The summed E-state index contributed by atoms with van der Waals surface area (Å²) in [4.78, 5) is 28.5. The third-order valence-corrected chi connectivity index (χ3v) is 4.94. The minimum atomic E-state index is -1.07. The van der Waals surface area contributed by atoms with Gasteiger partial charge in [0.25, 0.3) is 0 Å². The van der Waals surface area contributed by atoms with Crippen molar-refractivity contribution in [1.82, 2.24) is 9.71 Å². The molecule has 1 aliphatic carbocycles. The lowest BCUT2D eigenvalue weighted by Gasteiger charge is -2.28. The van der Waals surface area contributed by atoms with Crippen molar-refractivity contribution in [3.63, 3.8) is 0 Å². The lowest BCUT2D eigenvalue weighted by molar-refractivity contribution is -0.150. The summed E-state index contributed by atoms with van der Waals surface area (Å²) in [6.07, 6.45) is 8.66. The van der Waals surface area contributed by atoms with Gasteiger partial charge in [-0.25, -0.2) is 0 Å². The van der Waals surface area contributed by atoms with Crippen LogP contribution in [-0.4, -0.2) is 23.5 Å². The molecule has 0 bridgehead atoms. The van der Waals surface area contributed by atoms with Crippen LogP contribution in [0.25, 0.3) is 0 Å². The van der Waals surface area contributed by atoms with Crippen LogP contribution in [-0.2, 0) is 14.3 Å². The lowest BCUT2D eigenvalue weighted by Crippen LogP contribution is -2.32. The Bertz CT molecular complexity index is 530. The van der Waals surface area contributed by atoms with E-state index >= 15 is 0 Å². The Hall–Kier alpha value is -1.56. The van der Waals surface area contributed by atoms with Gasteiger partial charge in [-0.1, -0.05) is 51.5 Å². The first-order valence-corrected chi connectivity index (χ1v) is 9.11. The second-order valence-corrected chi connectivity index (χ2v) is 6.69. The highest BCUT2D eigenvalue weighted by Gasteiger charge is 2.32. The average Bonchev–Trinajstić information content (AvgIpc) is 2.62. The average molecular weight is 350 g/mol. The topological polar surface area (TPSA) is 68.3 Å². The van der Waals surface area contributed by atoms with Gasteiger partial charge in [0.05, 0.1) is 12.3 Å². The zero-order chi connectivity index (χ0) is 17.4. The quantitative estimate of drug-likeness (QED) is 0.450. The minimum Gasteiger partial charge on any atom is -0.465 e. The van der Waals surface area contributed by atoms with Crippen LogP contribution in [0, 0.1) is 11.8 Å². The number of carbonyl (C=O) groups excluding carboxylic acids is 2. The summed E-state index contributed by atoms with van der Waals surface area (Å²) >= 11 is 3.76. The number of ether oxygens (including phenoxy) is 1. The van der Waals surface area contributed by atoms with Gasteiger partial charge in [0.1, 0.15) is 0 Å². The van der Waals surface area contributed by atoms with E-state index in [0.29, 0.717) is 18.2 Å². The van der Waals surface area contributed by atoms with Gasteiger partial charge in [-0.15, -0.1) is 0 Å². The first-order chi connectivity index (χ1) is 11.7. The molecule has 0 aliphatic heterocycles. The number of pyridine rings is 1. The molecule has 0 radical (unpaired) electrons. The van der Waals surface area contributed by atoms with Crippen LogP contribution >= 0.6 is 12.8 Å². The molecule has 24 heavy (non-hydrogen) atoms. The van der Waals surface area contributed by atoms with Crippen molar-refractivity contribution in [3.05, 3.63) is 30.1 Å². The molecule has 1 heterocycles. The van der Waals surface area contributed by atoms with Crippen molar-refractivity contribution >= 4 is 24.7 Å². The summed E-state index contributed by atoms with van der Waals surface area (Å²) in [5.41, 5.74) is 0.376. The van der Waals surface area contributed by atoms with E-state index in [2.05, 4.69) is 29.4 Å². The molecular formula is C18H26N2O3S. The van der Waals surface area contributed by atoms with E-state index in [0.717, 1.165) is 18.8 Å². The second-order valence-electron chi connectivity index (χ2n) is 6.47. The lowest BCUT2D eigenvalue weighted by atomic mass is 9.80. The van der Waals surface area contributed by atoms with Crippen molar-refractivity contribution in [2.24, 2.45) is 11.8 Å². The Kier molecular flexibility index (Phi) is 7.56. The molecule has 0 saturated heterocycles. The number of carbonyl (C=O) groups is 2. The molecule has 1 aliphatic rings. The van der Waals surface area contributed by atoms with Crippen LogP contribution in [0.1, 0.15) is 57.1 Å². The van der Waals surface area contributed by atoms with Gasteiger partial charge in [0.15, 0.2) is 5.92 Å². The fraction of sp³-hybridized carbons (Fsp3) is 0.611. The maximum Gasteiger partial charge on any atom is 0.324 e. The monoisotopic (exact) mass is 350 g/mol. The normalized spacial score (nSPS) is 21.8. The van der Waals surface area contributed by atoms with Crippen molar-refractivity contribution in [2.75, 3.05) is 6.61 Å². The van der Waals surface area contributed by atoms with E-state index < -0.39 is 17.8 Å². The number of amides is 1. The predicted octanol–water partition coefficient (Wildman–Crippen LogP) is 3.28. The summed E-state index contributed by atoms with van der Waals surface area (Å²) in [7, 11) is 0. The highest BCUT2D eigenvalue weighted by Crippen LogP contribution is 2.31. The Labute approximate surface area is 149 Å². The summed E-state index contributed by atoms with van der Waals surface area (Å²) < 4.78 is 7.66. The number of aromatic nitrogens is 1. The number of nitrogens with one attached hydrogen (secondary N) is 1. The third kappa shape index (κ3) is 5.23. The summed E-state index contributed by atoms with van der Waals surface area (Å²) in [6.45, 7) is 2.60. The molecule has 1 aromatic rings. The number of hydrogen-bond donors (Lipinski definition) is 2. The number of rotatable bonds is 7. The van der Waals surface area contributed by atoms with Crippen LogP contribution in [0.15, 0.2) is 24.4 Å². The van der Waals surface area contributed by atoms with Crippen LogP contribution in [0.3, 0.4) is 0 Å². The van der Waals surface area contributed by atoms with Gasteiger partial charge in [0.2, 0.25) is 5.91 Å². The number of nitrogens with zero attached hydrogens (tertiary/aromatic N) is 1. The number of esters is 1. The minimum absolute atomic E-state index is 0.376. The molecule has 5 nitrogen and oxygen atoms in total. The number of thiol groups is 1. The van der Waals surface area contributed by atoms with Gasteiger partial charge in [-0.3, -0.25) is 14.6 Å². The highest BCUT2D eigenvalue weighted by molar-refractivity contribution is 7.78. The zero-order valence-corrected chi connectivity index (χ0v) is 15.0. The Balaban J connectivity index is 1.89. The molecule has 1 unspecified atom stereocenters. The van der Waals surface area contributed by atoms with Crippen molar-refractivity contribution in [3.8, 4) is 0 Å². The second kappa shape index (κ2) is 9.67. The highest BCUT2D eigenvalue weighted by atomic mass is 32.1. The van der Waals surface area contributed by atoms with Gasteiger partial charge < -0.3 is 9.46 Å².